The minimum absolute atomic E-state index is 0.121. The molecule has 1 aromatic rings. The van der Waals surface area contributed by atoms with E-state index in [1.807, 2.05) is 0 Å². The number of benzene rings is 1. The summed E-state index contributed by atoms with van der Waals surface area (Å²) in [6.07, 6.45) is -0.169. The van der Waals surface area contributed by atoms with Crippen molar-refractivity contribution >= 4 is 11.6 Å². The van der Waals surface area contributed by atoms with E-state index in [4.69, 9.17) is 22.4 Å². The molecule has 0 aromatic heterocycles. The summed E-state index contributed by atoms with van der Waals surface area (Å²) in [5.74, 6) is 0.121. The minimum atomic E-state index is -0.581. The van der Waals surface area contributed by atoms with Gasteiger partial charge in [-0.2, -0.15) is 0 Å². The monoisotopic (exact) mass is 201 g/mol. The van der Waals surface area contributed by atoms with E-state index in [0.717, 1.165) is 5.56 Å². The molecule has 1 unspecified atom stereocenters. The number of nitrogens with two attached hydrogens (primary N) is 1. The number of halogens is 1. The lowest BCUT2D eigenvalue weighted by Gasteiger charge is -2.09. The van der Waals surface area contributed by atoms with Gasteiger partial charge in [0.05, 0.1) is 6.10 Å². The van der Waals surface area contributed by atoms with Gasteiger partial charge in [-0.25, -0.2) is 0 Å². The van der Waals surface area contributed by atoms with Crippen molar-refractivity contribution < 1.29 is 10.2 Å². The normalized spacial score (nSPS) is 12.8. The second-order valence-corrected chi connectivity index (χ2v) is 3.28. The Labute approximate surface area is 81.8 Å². The molecule has 0 amide bonds. The number of aromatic hydroxyl groups is 1. The van der Waals surface area contributed by atoms with Crippen molar-refractivity contribution in [2.75, 3.05) is 6.54 Å². The molecular weight excluding hydrogens is 190 g/mol. The summed E-state index contributed by atoms with van der Waals surface area (Å²) in [6.45, 7) is 0.206. The van der Waals surface area contributed by atoms with Crippen LogP contribution in [0.1, 0.15) is 5.56 Å². The first kappa shape index (κ1) is 10.3. The number of aliphatic hydroxyl groups is 1. The highest BCUT2D eigenvalue weighted by Crippen LogP contribution is 2.22. The van der Waals surface area contributed by atoms with Crippen LogP contribution < -0.4 is 5.73 Å². The molecule has 0 saturated heterocycles. The van der Waals surface area contributed by atoms with Crippen molar-refractivity contribution in [1.82, 2.24) is 0 Å². The Morgan fingerprint density at radius 1 is 1.46 bits per heavy atom. The van der Waals surface area contributed by atoms with Gasteiger partial charge in [0.2, 0.25) is 0 Å². The number of hydrogen-bond donors (Lipinski definition) is 3. The molecule has 1 atom stereocenters. The summed E-state index contributed by atoms with van der Waals surface area (Å²) < 4.78 is 0. The van der Waals surface area contributed by atoms with Crippen LogP contribution in [0.25, 0.3) is 0 Å². The molecule has 0 aliphatic carbocycles. The van der Waals surface area contributed by atoms with Crippen LogP contribution in [0, 0.1) is 0 Å². The van der Waals surface area contributed by atoms with Crippen molar-refractivity contribution in [3.05, 3.63) is 28.8 Å². The molecule has 4 N–H and O–H groups in total. The predicted octanol–water partition coefficient (Wildman–Crippen LogP) is 0.908. The zero-order chi connectivity index (χ0) is 9.84. The van der Waals surface area contributed by atoms with E-state index >= 15 is 0 Å². The summed E-state index contributed by atoms with van der Waals surface area (Å²) in [5.41, 5.74) is 6.05. The Balaban J connectivity index is 2.77. The third kappa shape index (κ3) is 2.88. The second-order valence-electron chi connectivity index (χ2n) is 2.87. The highest BCUT2D eigenvalue weighted by Gasteiger charge is 2.06. The van der Waals surface area contributed by atoms with Crippen molar-refractivity contribution in [2.24, 2.45) is 5.73 Å². The lowest BCUT2D eigenvalue weighted by atomic mass is 10.1. The van der Waals surface area contributed by atoms with Crippen molar-refractivity contribution in [2.45, 2.75) is 12.5 Å². The van der Waals surface area contributed by atoms with Crippen LogP contribution in [0.15, 0.2) is 18.2 Å². The van der Waals surface area contributed by atoms with Crippen LogP contribution in [-0.4, -0.2) is 22.9 Å². The van der Waals surface area contributed by atoms with Gasteiger partial charge >= 0.3 is 0 Å². The minimum Gasteiger partial charge on any atom is -0.508 e. The van der Waals surface area contributed by atoms with Crippen molar-refractivity contribution in [1.29, 1.82) is 0 Å². The van der Waals surface area contributed by atoms with Gasteiger partial charge in [0, 0.05) is 18.0 Å². The highest BCUT2D eigenvalue weighted by atomic mass is 35.5. The third-order valence-electron chi connectivity index (χ3n) is 1.76. The lowest BCUT2D eigenvalue weighted by Crippen LogP contribution is -2.22. The fourth-order valence-corrected chi connectivity index (χ4v) is 1.29. The Kier molecular flexibility index (Phi) is 3.54. The van der Waals surface area contributed by atoms with Gasteiger partial charge in [-0.15, -0.1) is 0 Å². The summed E-state index contributed by atoms with van der Waals surface area (Å²) in [6, 6.07) is 4.65. The first-order chi connectivity index (χ1) is 6.13. The van der Waals surface area contributed by atoms with E-state index in [1.54, 1.807) is 6.07 Å². The van der Waals surface area contributed by atoms with Crippen LogP contribution in [0.4, 0.5) is 0 Å². The zero-order valence-electron chi connectivity index (χ0n) is 7.07. The molecular formula is C9H12ClNO2. The molecule has 0 aliphatic rings. The van der Waals surface area contributed by atoms with Crippen LogP contribution in [0.5, 0.6) is 5.75 Å². The van der Waals surface area contributed by atoms with Gasteiger partial charge in [-0.3, -0.25) is 0 Å². The molecule has 0 heterocycles. The molecule has 13 heavy (non-hydrogen) atoms. The standard InChI is InChI=1S/C9H12ClNO2/c10-9-4-7(12)2-1-6(9)3-8(13)5-11/h1-2,4,8,12-13H,3,5,11H2. The molecule has 0 bridgehead atoms. The van der Waals surface area contributed by atoms with E-state index in [-0.39, 0.29) is 12.3 Å². The van der Waals surface area contributed by atoms with Crippen LogP contribution in [-0.2, 0) is 6.42 Å². The van der Waals surface area contributed by atoms with E-state index in [1.165, 1.54) is 12.1 Å². The topological polar surface area (TPSA) is 66.5 Å². The number of aliphatic hydroxyl groups excluding tert-OH is 1. The third-order valence-corrected chi connectivity index (χ3v) is 2.12. The van der Waals surface area contributed by atoms with E-state index < -0.39 is 6.10 Å². The Bertz CT molecular complexity index is 291. The van der Waals surface area contributed by atoms with Crippen LogP contribution >= 0.6 is 11.6 Å². The molecule has 4 heteroatoms. The largest absolute Gasteiger partial charge is 0.508 e. The molecule has 3 nitrogen and oxygen atoms in total. The van der Waals surface area contributed by atoms with Gasteiger partial charge in [0.25, 0.3) is 0 Å². The van der Waals surface area contributed by atoms with Gasteiger partial charge in [0.1, 0.15) is 5.75 Å². The van der Waals surface area contributed by atoms with E-state index in [9.17, 15) is 5.11 Å². The molecule has 0 saturated carbocycles. The maximum atomic E-state index is 9.26. The van der Waals surface area contributed by atoms with E-state index in [0.29, 0.717) is 11.4 Å². The molecule has 1 rings (SSSR count). The molecule has 0 spiro atoms. The first-order valence-corrected chi connectivity index (χ1v) is 4.37. The average molecular weight is 202 g/mol. The summed E-state index contributed by atoms with van der Waals surface area (Å²) in [4.78, 5) is 0. The van der Waals surface area contributed by atoms with Gasteiger partial charge in [0.15, 0.2) is 0 Å². The van der Waals surface area contributed by atoms with Gasteiger partial charge in [-0.05, 0) is 17.7 Å². The fourth-order valence-electron chi connectivity index (χ4n) is 1.04. The molecule has 0 aliphatic heterocycles. The van der Waals surface area contributed by atoms with E-state index in [2.05, 4.69) is 0 Å². The lowest BCUT2D eigenvalue weighted by molar-refractivity contribution is 0.183. The van der Waals surface area contributed by atoms with Crippen molar-refractivity contribution in [3.63, 3.8) is 0 Å². The molecule has 1 aromatic carbocycles. The summed E-state index contributed by atoms with van der Waals surface area (Å²) in [7, 11) is 0. The smallest absolute Gasteiger partial charge is 0.117 e. The maximum absolute atomic E-state index is 9.26. The number of rotatable bonds is 3. The predicted molar refractivity (Wildman–Crippen MR) is 51.9 cm³/mol. The zero-order valence-corrected chi connectivity index (χ0v) is 7.83. The Hall–Kier alpha value is -0.770. The quantitative estimate of drug-likeness (QED) is 0.681. The SMILES string of the molecule is NCC(O)Cc1ccc(O)cc1Cl. The number of phenolic OH excluding ortho intramolecular Hbond substituents is 1. The number of phenols is 1. The summed E-state index contributed by atoms with van der Waals surface area (Å²) in [5, 5.41) is 18.8. The fraction of sp³-hybridized carbons (Fsp3) is 0.333. The summed E-state index contributed by atoms with van der Waals surface area (Å²) >= 11 is 5.82. The van der Waals surface area contributed by atoms with Gasteiger partial charge in [-0.1, -0.05) is 17.7 Å². The first-order valence-electron chi connectivity index (χ1n) is 3.99. The van der Waals surface area contributed by atoms with Crippen molar-refractivity contribution in [3.8, 4) is 5.75 Å². The van der Waals surface area contributed by atoms with Crippen LogP contribution in [0.2, 0.25) is 5.02 Å². The maximum Gasteiger partial charge on any atom is 0.117 e. The average Bonchev–Trinajstić information content (AvgIpc) is 2.09. The Morgan fingerprint density at radius 2 is 2.15 bits per heavy atom. The molecule has 0 radical (unpaired) electrons. The number of hydrogen-bond acceptors (Lipinski definition) is 3. The van der Waals surface area contributed by atoms with Crippen LogP contribution in [0.3, 0.4) is 0 Å². The molecule has 72 valence electrons. The second kappa shape index (κ2) is 4.46. The molecule has 0 fully saturated rings. The Morgan fingerprint density at radius 3 is 2.69 bits per heavy atom. The van der Waals surface area contributed by atoms with Gasteiger partial charge < -0.3 is 15.9 Å². The highest BCUT2D eigenvalue weighted by molar-refractivity contribution is 6.31.